The molecular formula is C12H25N3O. The Morgan fingerprint density at radius 3 is 2.50 bits per heavy atom. The minimum absolute atomic E-state index is 0.0106. The number of oxime groups is 1. The lowest BCUT2D eigenvalue weighted by atomic mass is 9.84. The molecular weight excluding hydrogens is 202 g/mol. The predicted molar refractivity (Wildman–Crippen MR) is 69.6 cm³/mol. The van der Waals surface area contributed by atoms with Gasteiger partial charge in [0.2, 0.25) is 0 Å². The lowest BCUT2D eigenvalue weighted by molar-refractivity contribution is 0.156. The molecule has 1 atom stereocenters. The molecule has 4 nitrogen and oxygen atoms in total. The number of rotatable bonds is 7. The molecule has 0 aromatic heterocycles. The van der Waals surface area contributed by atoms with Crippen molar-refractivity contribution < 1.29 is 5.21 Å². The second-order valence-corrected chi connectivity index (χ2v) is 4.67. The maximum atomic E-state index is 8.49. The van der Waals surface area contributed by atoms with E-state index in [2.05, 4.69) is 42.7 Å². The van der Waals surface area contributed by atoms with Gasteiger partial charge < -0.3 is 10.1 Å². The molecule has 0 aliphatic rings. The highest BCUT2D eigenvalue weighted by atomic mass is 16.4. The smallest absolute Gasteiger partial charge is 0.0854 e. The third kappa shape index (κ3) is 4.21. The Balaban J connectivity index is 4.72. The van der Waals surface area contributed by atoms with Crippen LogP contribution in [0.3, 0.4) is 0 Å². The summed E-state index contributed by atoms with van der Waals surface area (Å²) in [5.74, 6) is 0.558. The number of aliphatic imine (C=N–C) groups is 1. The molecule has 0 saturated heterocycles. The number of nitrogens with zero attached hydrogens (tertiary/aromatic N) is 3. The molecule has 0 spiro atoms. The van der Waals surface area contributed by atoms with Gasteiger partial charge in [-0.2, -0.15) is 0 Å². The first-order chi connectivity index (χ1) is 7.50. The Hall–Kier alpha value is -1.06. The van der Waals surface area contributed by atoms with Crippen molar-refractivity contribution in [2.45, 2.75) is 46.1 Å². The van der Waals surface area contributed by atoms with Gasteiger partial charge in [-0.25, -0.2) is 0 Å². The van der Waals surface area contributed by atoms with E-state index in [0.717, 1.165) is 0 Å². The van der Waals surface area contributed by atoms with Gasteiger partial charge in [0, 0.05) is 12.6 Å². The van der Waals surface area contributed by atoms with Crippen LogP contribution < -0.4 is 0 Å². The molecule has 0 heterocycles. The molecule has 0 radical (unpaired) electrons. The van der Waals surface area contributed by atoms with E-state index in [1.165, 1.54) is 19.1 Å². The van der Waals surface area contributed by atoms with Crippen LogP contribution in [0.15, 0.2) is 10.1 Å². The molecule has 0 bridgehead atoms. The van der Waals surface area contributed by atoms with Crippen LogP contribution in [0.1, 0.15) is 40.5 Å². The van der Waals surface area contributed by atoms with Crippen molar-refractivity contribution >= 4 is 12.6 Å². The lowest BCUT2D eigenvalue weighted by Gasteiger charge is -2.41. The van der Waals surface area contributed by atoms with Crippen molar-refractivity contribution in [1.29, 1.82) is 0 Å². The standard InChI is InChI=1S/C12H25N3O/c1-6-7-11(2)12(3,4)15(10-13-5)9-8-14-16/h8,10-11,16H,6-7,9H2,1-5H3/b13-10?,14-8+. The van der Waals surface area contributed by atoms with Crippen molar-refractivity contribution in [3.63, 3.8) is 0 Å². The average molecular weight is 227 g/mol. The average Bonchev–Trinajstić information content (AvgIpc) is 2.24. The fourth-order valence-corrected chi connectivity index (χ4v) is 1.76. The SMILES string of the molecule is CCCC(C)C(C)(C)N(C=NC)C/C=N/O. The Morgan fingerprint density at radius 2 is 2.06 bits per heavy atom. The molecule has 0 aromatic rings. The van der Waals surface area contributed by atoms with Gasteiger partial charge in [-0.1, -0.05) is 20.3 Å². The molecule has 0 saturated carbocycles. The molecule has 16 heavy (non-hydrogen) atoms. The summed E-state index contributed by atoms with van der Waals surface area (Å²) in [7, 11) is 1.75. The van der Waals surface area contributed by atoms with Gasteiger partial charge in [0.25, 0.3) is 0 Å². The molecule has 0 rings (SSSR count). The van der Waals surface area contributed by atoms with Crippen LogP contribution in [-0.2, 0) is 0 Å². The molecule has 0 aliphatic heterocycles. The molecule has 1 unspecified atom stereocenters. The fraction of sp³-hybridized carbons (Fsp3) is 0.833. The molecule has 0 aliphatic carbocycles. The second kappa shape index (κ2) is 7.25. The number of hydrogen-bond acceptors (Lipinski definition) is 3. The predicted octanol–water partition coefficient (Wildman–Crippen LogP) is 2.62. The summed E-state index contributed by atoms with van der Waals surface area (Å²) in [6.07, 6.45) is 5.66. The van der Waals surface area contributed by atoms with E-state index >= 15 is 0 Å². The van der Waals surface area contributed by atoms with E-state index in [4.69, 9.17) is 5.21 Å². The summed E-state index contributed by atoms with van der Waals surface area (Å²) in [5.41, 5.74) is 0.0106. The Morgan fingerprint density at radius 1 is 1.44 bits per heavy atom. The first kappa shape index (κ1) is 14.9. The van der Waals surface area contributed by atoms with E-state index in [1.54, 1.807) is 7.05 Å². The van der Waals surface area contributed by atoms with Gasteiger partial charge in [0.1, 0.15) is 0 Å². The monoisotopic (exact) mass is 227 g/mol. The molecule has 0 aromatic carbocycles. The summed E-state index contributed by atoms with van der Waals surface area (Å²) in [4.78, 5) is 6.16. The van der Waals surface area contributed by atoms with Crippen molar-refractivity contribution in [2.75, 3.05) is 13.6 Å². The third-order valence-electron chi connectivity index (χ3n) is 3.28. The first-order valence-electron chi connectivity index (χ1n) is 5.85. The maximum Gasteiger partial charge on any atom is 0.0854 e. The van der Waals surface area contributed by atoms with Crippen molar-refractivity contribution in [2.24, 2.45) is 16.1 Å². The quantitative estimate of drug-likeness (QED) is 0.314. The summed E-state index contributed by atoms with van der Waals surface area (Å²) in [5, 5.41) is 11.5. The van der Waals surface area contributed by atoms with E-state index in [-0.39, 0.29) is 5.54 Å². The third-order valence-corrected chi connectivity index (χ3v) is 3.28. The van der Waals surface area contributed by atoms with Gasteiger partial charge in [-0.05, 0) is 26.2 Å². The minimum atomic E-state index is 0.0106. The summed E-state index contributed by atoms with van der Waals surface area (Å²) in [6.45, 7) is 9.41. The van der Waals surface area contributed by atoms with Gasteiger partial charge >= 0.3 is 0 Å². The van der Waals surface area contributed by atoms with Crippen LogP contribution in [0, 0.1) is 5.92 Å². The Bertz CT molecular complexity index is 236. The zero-order chi connectivity index (χ0) is 12.6. The van der Waals surface area contributed by atoms with E-state index in [1.807, 2.05) is 6.34 Å². The second-order valence-electron chi connectivity index (χ2n) is 4.67. The van der Waals surface area contributed by atoms with Crippen LogP contribution in [0.2, 0.25) is 0 Å². The van der Waals surface area contributed by atoms with E-state index in [9.17, 15) is 0 Å². The van der Waals surface area contributed by atoms with E-state index < -0.39 is 0 Å². The summed E-state index contributed by atoms with van der Waals surface area (Å²) in [6, 6.07) is 0. The van der Waals surface area contributed by atoms with Crippen molar-refractivity contribution in [3.05, 3.63) is 0 Å². The maximum absolute atomic E-state index is 8.49. The zero-order valence-corrected chi connectivity index (χ0v) is 11.1. The number of hydrogen-bond donors (Lipinski definition) is 1. The highest BCUT2D eigenvalue weighted by Gasteiger charge is 2.30. The molecule has 0 amide bonds. The largest absolute Gasteiger partial charge is 0.411 e. The summed E-state index contributed by atoms with van der Waals surface area (Å²) >= 11 is 0. The zero-order valence-electron chi connectivity index (χ0n) is 11.1. The van der Waals surface area contributed by atoms with Crippen LogP contribution >= 0.6 is 0 Å². The molecule has 4 heteroatoms. The van der Waals surface area contributed by atoms with Crippen molar-refractivity contribution in [3.8, 4) is 0 Å². The van der Waals surface area contributed by atoms with Gasteiger partial charge in [0.15, 0.2) is 0 Å². The van der Waals surface area contributed by atoms with Crippen LogP contribution in [-0.4, -0.2) is 41.8 Å². The highest BCUT2D eigenvalue weighted by Crippen LogP contribution is 2.26. The molecule has 0 fully saturated rings. The topological polar surface area (TPSA) is 48.2 Å². The van der Waals surface area contributed by atoms with Crippen LogP contribution in [0.4, 0.5) is 0 Å². The fourth-order valence-electron chi connectivity index (χ4n) is 1.76. The Labute approximate surface area is 99.1 Å². The first-order valence-corrected chi connectivity index (χ1v) is 5.85. The Kier molecular flexibility index (Phi) is 6.77. The normalized spacial score (nSPS) is 14.8. The highest BCUT2D eigenvalue weighted by molar-refractivity contribution is 5.66. The van der Waals surface area contributed by atoms with Crippen LogP contribution in [0.25, 0.3) is 0 Å². The lowest BCUT2D eigenvalue weighted by Crippen LogP contribution is -2.48. The van der Waals surface area contributed by atoms with Crippen LogP contribution in [0.5, 0.6) is 0 Å². The van der Waals surface area contributed by atoms with E-state index in [0.29, 0.717) is 12.5 Å². The molecule has 1 N–H and O–H groups in total. The molecule has 94 valence electrons. The van der Waals surface area contributed by atoms with Gasteiger partial charge in [-0.15, -0.1) is 5.16 Å². The van der Waals surface area contributed by atoms with Gasteiger partial charge in [0.05, 0.1) is 19.1 Å². The summed E-state index contributed by atoms with van der Waals surface area (Å²) < 4.78 is 0. The minimum Gasteiger partial charge on any atom is -0.411 e. The van der Waals surface area contributed by atoms with Crippen molar-refractivity contribution in [1.82, 2.24) is 4.90 Å². The van der Waals surface area contributed by atoms with Gasteiger partial charge in [-0.3, -0.25) is 4.99 Å².